The molecular formula is C10H20N2O3. The van der Waals surface area contributed by atoms with Gasteiger partial charge in [0.2, 0.25) is 0 Å². The van der Waals surface area contributed by atoms with Crippen LogP contribution in [0.4, 0.5) is 0 Å². The van der Waals surface area contributed by atoms with Crippen LogP contribution in [-0.2, 0) is 14.2 Å². The van der Waals surface area contributed by atoms with Crippen LogP contribution in [0.15, 0.2) is 10.2 Å². The van der Waals surface area contributed by atoms with Crippen LogP contribution in [-0.4, -0.2) is 26.0 Å². The first kappa shape index (κ1) is 12.5. The lowest BCUT2D eigenvalue weighted by atomic mass is 10.0. The molecule has 0 atom stereocenters. The van der Waals surface area contributed by atoms with Gasteiger partial charge in [-0.05, 0) is 12.8 Å². The quantitative estimate of drug-likeness (QED) is 0.641. The van der Waals surface area contributed by atoms with E-state index >= 15 is 0 Å². The molecule has 1 heterocycles. The van der Waals surface area contributed by atoms with Gasteiger partial charge < -0.3 is 9.47 Å². The Balaban J connectivity index is 2.76. The molecule has 0 aromatic heterocycles. The van der Waals surface area contributed by atoms with Crippen molar-refractivity contribution < 1.29 is 14.2 Å². The highest BCUT2D eigenvalue weighted by atomic mass is 16.9. The predicted octanol–water partition coefficient (Wildman–Crippen LogP) is 2.67. The van der Waals surface area contributed by atoms with Crippen molar-refractivity contribution in [2.45, 2.75) is 51.4 Å². The third kappa shape index (κ3) is 2.53. The minimum atomic E-state index is -1.33. The molecule has 0 N–H and O–H groups in total. The van der Waals surface area contributed by atoms with E-state index in [9.17, 15) is 0 Å². The molecule has 0 amide bonds. The summed E-state index contributed by atoms with van der Waals surface area (Å²) in [5, 5.41) is 8.15. The number of azo groups is 1. The minimum Gasteiger partial charge on any atom is -0.310 e. The molecule has 15 heavy (non-hydrogen) atoms. The van der Waals surface area contributed by atoms with Gasteiger partial charge in [-0.1, -0.05) is 31.8 Å². The van der Waals surface area contributed by atoms with Crippen molar-refractivity contribution in [1.29, 1.82) is 0 Å². The van der Waals surface area contributed by atoms with Crippen molar-refractivity contribution in [3.63, 3.8) is 0 Å². The fourth-order valence-electron chi connectivity index (χ4n) is 1.79. The van der Waals surface area contributed by atoms with Crippen molar-refractivity contribution in [2.75, 3.05) is 14.2 Å². The molecule has 0 saturated heterocycles. The van der Waals surface area contributed by atoms with Crippen molar-refractivity contribution >= 4 is 0 Å². The van der Waals surface area contributed by atoms with E-state index in [-0.39, 0.29) is 0 Å². The second kappa shape index (κ2) is 5.01. The van der Waals surface area contributed by atoms with Crippen LogP contribution in [0, 0.1) is 0 Å². The number of rotatable bonds is 6. The molecule has 0 spiro atoms. The lowest BCUT2D eigenvalue weighted by Crippen LogP contribution is -2.39. The first-order chi connectivity index (χ1) is 7.16. The van der Waals surface area contributed by atoms with Crippen LogP contribution in [0.25, 0.3) is 0 Å². The fraction of sp³-hybridized carbons (Fsp3) is 1.00. The molecule has 0 aromatic carbocycles. The molecule has 1 rings (SSSR count). The molecule has 0 fully saturated rings. The molecule has 0 unspecified atom stereocenters. The lowest BCUT2D eigenvalue weighted by molar-refractivity contribution is -0.372. The summed E-state index contributed by atoms with van der Waals surface area (Å²) in [6.45, 7) is 4.19. The van der Waals surface area contributed by atoms with Crippen LogP contribution in [0.1, 0.15) is 39.5 Å². The Labute approximate surface area is 90.8 Å². The molecule has 0 radical (unpaired) electrons. The zero-order chi connectivity index (χ0) is 11.4. The normalized spacial score (nSPS) is 22.1. The van der Waals surface area contributed by atoms with Crippen molar-refractivity contribution in [3.05, 3.63) is 0 Å². The average Bonchev–Trinajstić information content (AvgIpc) is 2.60. The molecule has 0 saturated carbocycles. The summed E-state index contributed by atoms with van der Waals surface area (Å²) in [5.74, 6) is 0. The van der Waals surface area contributed by atoms with Gasteiger partial charge in [-0.3, -0.25) is 4.74 Å². The Bertz CT molecular complexity index is 221. The Morgan fingerprint density at radius 3 is 1.87 bits per heavy atom. The highest BCUT2D eigenvalue weighted by molar-refractivity contribution is 4.82. The summed E-state index contributed by atoms with van der Waals surface area (Å²) in [6, 6.07) is 0. The lowest BCUT2D eigenvalue weighted by Gasteiger charge is -2.28. The van der Waals surface area contributed by atoms with E-state index in [1.165, 1.54) is 14.2 Å². The number of ether oxygens (including phenoxy) is 3. The van der Waals surface area contributed by atoms with E-state index in [2.05, 4.69) is 24.1 Å². The van der Waals surface area contributed by atoms with E-state index in [1.54, 1.807) is 0 Å². The first-order valence-corrected chi connectivity index (χ1v) is 5.40. The third-order valence-corrected chi connectivity index (χ3v) is 2.47. The fourth-order valence-corrected chi connectivity index (χ4v) is 1.79. The Kier molecular flexibility index (Phi) is 4.19. The summed E-state index contributed by atoms with van der Waals surface area (Å²) in [4.78, 5) is 0. The van der Waals surface area contributed by atoms with Crippen LogP contribution < -0.4 is 0 Å². The number of methoxy groups -OCH3 is 2. The van der Waals surface area contributed by atoms with Crippen LogP contribution in [0.5, 0.6) is 0 Å². The second-order valence-electron chi connectivity index (χ2n) is 3.68. The van der Waals surface area contributed by atoms with Gasteiger partial charge in [0.25, 0.3) is 0 Å². The van der Waals surface area contributed by atoms with Gasteiger partial charge in [0.1, 0.15) is 0 Å². The summed E-state index contributed by atoms with van der Waals surface area (Å²) >= 11 is 0. The van der Waals surface area contributed by atoms with Gasteiger partial charge in [0, 0.05) is 14.2 Å². The van der Waals surface area contributed by atoms with Crippen LogP contribution in [0.2, 0.25) is 0 Å². The van der Waals surface area contributed by atoms with Gasteiger partial charge in [-0.2, -0.15) is 5.11 Å². The van der Waals surface area contributed by atoms with E-state index in [4.69, 9.17) is 14.2 Å². The SMILES string of the molecule is CCCC1(CCC)N=NC(OC)(OC)O1. The van der Waals surface area contributed by atoms with Gasteiger partial charge >= 0.3 is 6.10 Å². The third-order valence-electron chi connectivity index (χ3n) is 2.47. The maximum absolute atomic E-state index is 5.74. The number of nitrogens with zero attached hydrogens (tertiary/aromatic N) is 2. The van der Waals surface area contributed by atoms with E-state index in [1.807, 2.05) is 0 Å². The zero-order valence-corrected chi connectivity index (χ0v) is 9.95. The Morgan fingerprint density at radius 1 is 1.00 bits per heavy atom. The van der Waals surface area contributed by atoms with Gasteiger partial charge in [0.05, 0.1) is 0 Å². The van der Waals surface area contributed by atoms with E-state index in [0.29, 0.717) is 0 Å². The molecular weight excluding hydrogens is 196 g/mol. The smallest absolute Gasteiger partial charge is 0.310 e. The van der Waals surface area contributed by atoms with E-state index < -0.39 is 11.8 Å². The molecule has 5 nitrogen and oxygen atoms in total. The summed E-state index contributed by atoms with van der Waals surface area (Å²) < 4.78 is 15.9. The predicted molar refractivity (Wildman–Crippen MR) is 55.2 cm³/mol. The molecule has 88 valence electrons. The highest BCUT2D eigenvalue weighted by Gasteiger charge is 2.48. The zero-order valence-electron chi connectivity index (χ0n) is 9.95. The van der Waals surface area contributed by atoms with Gasteiger partial charge in [0.15, 0.2) is 5.72 Å². The topological polar surface area (TPSA) is 52.4 Å². The summed E-state index contributed by atoms with van der Waals surface area (Å²) in [7, 11) is 2.99. The molecule has 1 aliphatic rings. The molecule has 1 aliphatic heterocycles. The number of hydrogen-bond donors (Lipinski definition) is 0. The van der Waals surface area contributed by atoms with Crippen molar-refractivity contribution in [1.82, 2.24) is 0 Å². The monoisotopic (exact) mass is 216 g/mol. The Hall–Kier alpha value is -0.520. The number of hydrogen-bond acceptors (Lipinski definition) is 5. The molecule has 5 heteroatoms. The summed E-state index contributed by atoms with van der Waals surface area (Å²) in [5.41, 5.74) is -0.560. The first-order valence-electron chi connectivity index (χ1n) is 5.40. The van der Waals surface area contributed by atoms with Gasteiger partial charge in [-0.15, -0.1) is 0 Å². The van der Waals surface area contributed by atoms with E-state index in [0.717, 1.165) is 25.7 Å². The molecule has 0 aliphatic carbocycles. The maximum Gasteiger partial charge on any atom is 0.414 e. The Morgan fingerprint density at radius 2 is 1.53 bits per heavy atom. The molecule has 0 aromatic rings. The minimum absolute atomic E-state index is 0.560. The maximum atomic E-state index is 5.74. The average molecular weight is 216 g/mol. The molecule has 0 bridgehead atoms. The highest BCUT2D eigenvalue weighted by Crippen LogP contribution is 2.39. The van der Waals surface area contributed by atoms with Crippen molar-refractivity contribution in [2.24, 2.45) is 10.2 Å². The summed E-state index contributed by atoms with van der Waals surface area (Å²) in [6.07, 6.45) is 2.31. The largest absolute Gasteiger partial charge is 0.414 e. The van der Waals surface area contributed by atoms with Crippen LogP contribution in [0.3, 0.4) is 0 Å². The van der Waals surface area contributed by atoms with Crippen LogP contribution >= 0.6 is 0 Å². The standard InChI is InChI=1S/C10H20N2O3/c1-5-7-9(8-6-2)11-12-10(13-3,14-4)15-9/h5-8H2,1-4H3. The van der Waals surface area contributed by atoms with Crippen molar-refractivity contribution in [3.8, 4) is 0 Å². The second-order valence-corrected chi connectivity index (χ2v) is 3.68. The van der Waals surface area contributed by atoms with Gasteiger partial charge in [-0.25, -0.2) is 0 Å².